The number of benzene rings is 1. The van der Waals surface area contributed by atoms with Crippen molar-refractivity contribution in [2.24, 2.45) is 4.99 Å². The number of aryl methyl sites for hydroxylation is 1. The van der Waals surface area contributed by atoms with E-state index in [0.29, 0.717) is 23.4 Å². The third-order valence-corrected chi connectivity index (χ3v) is 5.70. The van der Waals surface area contributed by atoms with Crippen molar-refractivity contribution >= 4 is 30.5 Å². The molecule has 0 saturated heterocycles. The summed E-state index contributed by atoms with van der Waals surface area (Å²) in [5.41, 5.74) is 1.90. The molecule has 3 rings (SSSR count). The Morgan fingerprint density at radius 2 is 1.86 bits per heavy atom. The molecule has 0 fully saturated rings. The van der Waals surface area contributed by atoms with Gasteiger partial charge in [0, 0.05) is 37.3 Å². The van der Waals surface area contributed by atoms with Crippen LogP contribution in [-0.4, -0.2) is 57.7 Å². The zero-order chi connectivity index (χ0) is 25.0. The van der Waals surface area contributed by atoms with Crippen molar-refractivity contribution in [1.29, 1.82) is 0 Å². The lowest BCUT2D eigenvalue weighted by atomic mass is 10.2. The molecule has 0 amide bonds. The van der Waals surface area contributed by atoms with E-state index in [-0.39, 0.29) is 11.4 Å². The molecule has 1 aromatic carbocycles. The lowest BCUT2D eigenvalue weighted by Crippen LogP contribution is -2.19. The molecule has 35 heavy (non-hydrogen) atoms. The second kappa shape index (κ2) is 13.3. The van der Waals surface area contributed by atoms with Crippen LogP contribution in [0, 0.1) is 6.92 Å². The minimum absolute atomic E-state index is 0.0396. The summed E-state index contributed by atoms with van der Waals surface area (Å²) in [5.74, 6) is 2.33. The number of hydrogen-bond donors (Lipinski definition) is 1. The Balaban J connectivity index is 1.88. The first-order chi connectivity index (χ1) is 17.1. The van der Waals surface area contributed by atoms with Crippen LogP contribution in [-0.2, 0) is 14.2 Å². The molecular weight excluding hydrogens is 466 g/mol. The van der Waals surface area contributed by atoms with E-state index >= 15 is 0 Å². The largest absolute Gasteiger partial charge is 0.495 e. The molecule has 0 radical (unpaired) electrons. The monoisotopic (exact) mass is 495 g/mol. The average Bonchev–Trinajstić information content (AvgIpc) is 3.28. The van der Waals surface area contributed by atoms with E-state index in [1.54, 1.807) is 45.1 Å². The van der Waals surface area contributed by atoms with Crippen LogP contribution in [0.15, 0.2) is 65.8 Å². The highest BCUT2D eigenvalue weighted by molar-refractivity contribution is 8.01. The Labute approximate surface area is 209 Å². The summed E-state index contributed by atoms with van der Waals surface area (Å²) in [7, 11) is 4.76. The molecule has 2 aromatic heterocycles. The van der Waals surface area contributed by atoms with Crippen LogP contribution in [0.4, 0.5) is 5.95 Å². The summed E-state index contributed by atoms with van der Waals surface area (Å²) < 4.78 is 21.1. The number of aliphatic imine (C=N–C) groups is 1. The average molecular weight is 496 g/mol. The SMILES string of the molecule is CO/C=N/C=C\C(=C\n1c(NSC(C)C(OC)c2ncc(C)cn2)nnc1-c1ccccc1)OC. The second-order valence-corrected chi connectivity index (χ2v) is 8.51. The number of nitrogens with one attached hydrogen (secondary N) is 1. The van der Waals surface area contributed by atoms with E-state index in [1.165, 1.54) is 25.5 Å². The fraction of sp³-hybridized carbons (Fsp3) is 0.292. The number of nitrogens with zero attached hydrogens (tertiary/aromatic N) is 6. The highest BCUT2D eigenvalue weighted by Gasteiger charge is 2.23. The van der Waals surface area contributed by atoms with Gasteiger partial charge in [0.1, 0.15) is 11.9 Å². The summed E-state index contributed by atoms with van der Waals surface area (Å²) >= 11 is 1.44. The topological polar surface area (TPSA) is 109 Å². The highest BCUT2D eigenvalue weighted by Crippen LogP contribution is 2.29. The van der Waals surface area contributed by atoms with Crippen LogP contribution in [0.2, 0.25) is 0 Å². The fourth-order valence-corrected chi connectivity index (χ4v) is 3.82. The molecule has 3 aromatic rings. The van der Waals surface area contributed by atoms with Crippen LogP contribution in [0.5, 0.6) is 0 Å². The van der Waals surface area contributed by atoms with Gasteiger partial charge >= 0.3 is 0 Å². The van der Waals surface area contributed by atoms with Crippen LogP contribution in [0.3, 0.4) is 0 Å². The summed E-state index contributed by atoms with van der Waals surface area (Å²) in [6.45, 7) is 3.98. The molecule has 184 valence electrons. The molecule has 0 bridgehead atoms. The molecule has 11 heteroatoms. The van der Waals surface area contributed by atoms with Gasteiger partial charge in [-0.05, 0) is 31.4 Å². The van der Waals surface area contributed by atoms with Crippen molar-refractivity contribution in [3.63, 3.8) is 0 Å². The number of aromatic nitrogens is 5. The molecule has 0 aliphatic heterocycles. The molecule has 2 unspecified atom stereocenters. The van der Waals surface area contributed by atoms with E-state index in [9.17, 15) is 0 Å². The first kappa shape index (κ1) is 25.9. The van der Waals surface area contributed by atoms with Crippen molar-refractivity contribution in [2.45, 2.75) is 25.2 Å². The standard InChI is InChI=1S/C24H29N7O3S/c1-17-13-26-22(27-14-17)21(34-5)18(2)35-30-24-29-28-23(19-9-7-6-8-10-19)31(24)15-20(33-4)11-12-25-16-32-3/h6-16,18,21H,1-5H3,(H,29,30)/b12-11-,20-15-,25-16+. The molecule has 0 saturated carbocycles. The maximum atomic E-state index is 5.68. The third kappa shape index (κ3) is 7.14. The Kier molecular flexibility index (Phi) is 9.81. The van der Waals surface area contributed by atoms with Gasteiger partial charge in [-0.1, -0.05) is 30.3 Å². The van der Waals surface area contributed by atoms with E-state index in [2.05, 4.69) is 29.9 Å². The zero-order valence-corrected chi connectivity index (χ0v) is 21.1. The molecule has 1 N–H and O–H groups in total. The summed E-state index contributed by atoms with van der Waals surface area (Å²) in [5, 5.41) is 8.73. The number of allylic oxidation sites excluding steroid dienone is 1. The van der Waals surface area contributed by atoms with Crippen molar-refractivity contribution < 1.29 is 14.2 Å². The van der Waals surface area contributed by atoms with Crippen molar-refractivity contribution in [1.82, 2.24) is 24.7 Å². The fourth-order valence-electron chi connectivity index (χ4n) is 3.03. The van der Waals surface area contributed by atoms with E-state index in [0.717, 1.165) is 11.1 Å². The molecular formula is C24H29N7O3S. The van der Waals surface area contributed by atoms with Gasteiger partial charge in [0.25, 0.3) is 0 Å². The Morgan fingerprint density at radius 1 is 1.11 bits per heavy atom. The van der Waals surface area contributed by atoms with Crippen LogP contribution in [0.1, 0.15) is 24.4 Å². The summed E-state index contributed by atoms with van der Waals surface area (Å²) in [6, 6.07) is 9.78. The maximum absolute atomic E-state index is 5.68. The smallest absolute Gasteiger partial charge is 0.239 e. The first-order valence-electron chi connectivity index (χ1n) is 10.8. The van der Waals surface area contributed by atoms with Crippen molar-refractivity contribution in [2.75, 3.05) is 26.1 Å². The number of ether oxygens (including phenoxy) is 3. The molecule has 0 aliphatic carbocycles. The minimum atomic E-state index is -0.315. The molecule has 2 heterocycles. The molecule has 0 spiro atoms. The van der Waals surface area contributed by atoms with Crippen molar-refractivity contribution in [3.8, 4) is 11.4 Å². The number of methoxy groups -OCH3 is 3. The lowest BCUT2D eigenvalue weighted by Gasteiger charge is -2.21. The first-order valence-corrected chi connectivity index (χ1v) is 11.7. The van der Waals surface area contributed by atoms with Gasteiger partial charge in [-0.2, -0.15) is 0 Å². The van der Waals surface area contributed by atoms with E-state index in [4.69, 9.17) is 14.2 Å². The molecule has 2 atom stereocenters. The van der Waals surface area contributed by atoms with Crippen LogP contribution in [0.25, 0.3) is 17.6 Å². The third-order valence-electron chi connectivity index (χ3n) is 4.78. The Morgan fingerprint density at radius 3 is 2.51 bits per heavy atom. The van der Waals surface area contributed by atoms with Crippen LogP contribution >= 0.6 is 11.9 Å². The molecule has 10 nitrogen and oxygen atoms in total. The Bertz CT molecular complexity index is 1150. The van der Waals surface area contributed by atoms with Gasteiger partial charge in [-0.15, -0.1) is 10.2 Å². The van der Waals surface area contributed by atoms with Gasteiger partial charge in [-0.25, -0.2) is 15.0 Å². The minimum Gasteiger partial charge on any atom is -0.495 e. The van der Waals surface area contributed by atoms with Crippen LogP contribution < -0.4 is 4.72 Å². The van der Waals surface area contributed by atoms with Gasteiger partial charge < -0.3 is 14.2 Å². The Hall–Kier alpha value is -3.70. The summed E-state index contributed by atoms with van der Waals surface area (Å²) in [6.07, 6.45) is 9.63. The van der Waals surface area contributed by atoms with E-state index < -0.39 is 0 Å². The number of hydrogen-bond acceptors (Lipinski definition) is 10. The second-order valence-electron chi connectivity index (χ2n) is 7.32. The normalized spacial score (nSPS) is 13.8. The van der Waals surface area contributed by atoms with E-state index in [1.807, 2.05) is 48.7 Å². The predicted molar refractivity (Wildman–Crippen MR) is 139 cm³/mol. The number of rotatable bonds is 12. The zero-order valence-electron chi connectivity index (χ0n) is 20.3. The van der Waals surface area contributed by atoms with Gasteiger partial charge in [0.15, 0.2) is 18.0 Å². The number of anilines is 1. The quantitative estimate of drug-likeness (QED) is 0.128. The predicted octanol–water partition coefficient (Wildman–Crippen LogP) is 4.51. The highest BCUT2D eigenvalue weighted by atomic mass is 32.2. The summed E-state index contributed by atoms with van der Waals surface area (Å²) in [4.78, 5) is 12.8. The molecule has 0 aliphatic rings. The maximum Gasteiger partial charge on any atom is 0.239 e. The van der Waals surface area contributed by atoms with Crippen molar-refractivity contribution in [3.05, 3.63) is 72.1 Å². The van der Waals surface area contributed by atoms with Gasteiger partial charge in [-0.3, -0.25) is 9.29 Å². The van der Waals surface area contributed by atoms with Gasteiger partial charge in [0.05, 0.1) is 25.7 Å². The van der Waals surface area contributed by atoms with Gasteiger partial charge in [0.2, 0.25) is 5.95 Å². The lowest BCUT2D eigenvalue weighted by molar-refractivity contribution is 0.0972.